The van der Waals surface area contributed by atoms with Crippen LogP contribution >= 0.6 is 23.2 Å². The minimum absolute atomic E-state index is 0.133. The Morgan fingerprint density at radius 1 is 1.05 bits per heavy atom. The average Bonchev–Trinajstić information content (AvgIpc) is 2.41. The second kappa shape index (κ2) is 6.18. The second-order valence-corrected chi connectivity index (χ2v) is 7.49. The van der Waals surface area contributed by atoms with Crippen LogP contribution in [0, 0.1) is 0 Å². The van der Waals surface area contributed by atoms with Gasteiger partial charge in [-0.25, -0.2) is 8.42 Å². The molecule has 2 aromatic rings. The van der Waals surface area contributed by atoms with E-state index in [9.17, 15) is 13.2 Å². The van der Waals surface area contributed by atoms with Crippen molar-refractivity contribution in [1.82, 2.24) is 0 Å². The Morgan fingerprint density at radius 3 is 2.19 bits per heavy atom. The summed E-state index contributed by atoms with van der Waals surface area (Å²) < 4.78 is 22.7. The van der Waals surface area contributed by atoms with Gasteiger partial charge in [0.05, 0.1) is 4.90 Å². The molecule has 0 spiro atoms. The Hall–Kier alpha value is -1.36. The smallest absolute Gasteiger partial charge is 0.175 e. The van der Waals surface area contributed by atoms with E-state index in [4.69, 9.17) is 23.2 Å². The highest BCUT2D eigenvalue weighted by atomic mass is 35.5. The van der Waals surface area contributed by atoms with Crippen LogP contribution in [0.3, 0.4) is 0 Å². The minimum atomic E-state index is -3.26. The van der Waals surface area contributed by atoms with Crippen LogP contribution in [0.25, 0.3) is 0 Å². The number of hydrogen-bond acceptors (Lipinski definition) is 3. The lowest BCUT2D eigenvalue weighted by Crippen LogP contribution is -2.05. The van der Waals surface area contributed by atoms with Crippen LogP contribution in [0.5, 0.6) is 0 Å². The molecule has 110 valence electrons. The molecule has 3 nitrogen and oxygen atoms in total. The summed E-state index contributed by atoms with van der Waals surface area (Å²) in [5.41, 5.74) is 1.12. The number of halogens is 2. The average molecular weight is 343 g/mol. The first kappa shape index (κ1) is 16.0. The fourth-order valence-corrected chi connectivity index (χ4v) is 2.93. The molecule has 21 heavy (non-hydrogen) atoms. The zero-order valence-electron chi connectivity index (χ0n) is 11.1. The normalized spacial score (nSPS) is 11.4. The number of carbonyl (C=O) groups excluding carboxylic acids is 1. The number of benzene rings is 2. The van der Waals surface area contributed by atoms with Crippen molar-refractivity contribution in [2.45, 2.75) is 11.3 Å². The SMILES string of the molecule is CS(=O)(=O)c1ccc(C(=O)Cc2ccc(Cl)cc2Cl)cc1. The Labute approximate surface area is 133 Å². The molecule has 0 saturated heterocycles. The van der Waals surface area contributed by atoms with E-state index < -0.39 is 9.84 Å². The third-order valence-electron chi connectivity index (χ3n) is 2.97. The molecule has 0 aliphatic carbocycles. The summed E-state index contributed by atoms with van der Waals surface area (Å²) in [6.45, 7) is 0. The van der Waals surface area contributed by atoms with Gasteiger partial charge in [-0.3, -0.25) is 4.79 Å². The maximum absolute atomic E-state index is 12.2. The molecule has 0 unspecified atom stereocenters. The molecular weight excluding hydrogens is 331 g/mol. The third-order valence-corrected chi connectivity index (χ3v) is 4.69. The molecule has 6 heteroatoms. The standard InChI is InChI=1S/C15H12Cl2O3S/c1-21(19,20)13-6-3-10(4-7-13)15(18)8-11-2-5-12(16)9-14(11)17/h2-7,9H,8H2,1H3. The summed E-state index contributed by atoms with van der Waals surface area (Å²) in [5, 5.41) is 0.942. The second-order valence-electron chi connectivity index (χ2n) is 4.63. The molecule has 0 atom stereocenters. The summed E-state index contributed by atoms with van der Waals surface area (Å²) >= 11 is 11.8. The van der Waals surface area contributed by atoms with E-state index in [1.807, 2.05) is 0 Å². The van der Waals surface area contributed by atoms with Crippen molar-refractivity contribution < 1.29 is 13.2 Å². The Balaban J connectivity index is 2.21. The van der Waals surface area contributed by atoms with Crippen LogP contribution in [-0.2, 0) is 16.3 Å². The summed E-state index contributed by atoms with van der Waals surface area (Å²) in [4.78, 5) is 12.4. The maximum Gasteiger partial charge on any atom is 0.175 e. The molecule has 2 rings (SSSR count). The van der Waals surface area contributed by atoms with Crippen molar-refractivity contribution >= 4 is 38.8 Å². The van der Waals surface area contributed by atoms with E-state index >= 15 is 0 Å². The van der Waals surface area contributed by atoms with Crippen LogP contribution in [-0.4, -0.2) is 20.5 Å². The first-order chi connectivity index (χ1) is 9.77. The van der Waals surface area contributed by atoms with Crippen molar-refractivity contribution in [3.05, 3.63) is 63.6 Å². The van der Waals surface area contributed by atoms with Gasteiger partial charge in [-0.05, 0) is 29.8 Å². The van der Waals surface area contributed by atoms with Crippen LogP contribution in [0.1, 0.15) is 15.9 Å². The molecule has 2 aromatic carbocycles. The fourth-order valence-electron chi connectivity index (χ4n) is 1.83. The first-order valence-corrected chi connectivity index (χ1v) is 8.69. The van der Waals surface area contributed by atoms with E-state index in [-0.39, 0.29) is 17.1 Å². The van der Waals surface area contributed by atoms with Gasteiger partial charge in [0, 0.05) is 28.3 Å². The molecular formula is C15H12Cl2O3S. The quantitative estimate of drug-likeness (QED) is 0.793. The lowest BCUT2D eigenvalue weighted by Gasteiger charge is -2.05. The Bertz CT molecular complexity index is 781. The molecule has 0 amide bonds. The molecule has 0 aromatic heterocycles. The van der Waals surface area contributed by atoms with Crippen LogP contribution < -0.4 is 0 Å². The molecule has 0 fully saturated rings. The highest BCUT2D eigenvalue weighted by molar-refractivity contribution is 7.90. The van der Waals surface area contributed by atoms with E-state index in [0.29, 0.717) is 21.2 Å². The van der Waals surface area contributed by atoms with Gasteiger partial charge in [0.15, 0.2) is 15.6 Å². The monoisotopic (exact) mass is 342 g/mol. The van der Waals surface area contributed by atoms with Gasteiger partial charge in [0.1, 0.15) is 0 Å². The number of sulfone groups is 1. The van der Waals surface area contributed by atoms with Gasteiger partial charge < -0.3 is 0 Å². The number of hydrogen-bond donors (Lipinski definition) is 0. The molecule has 0 radical (unpaired) electrons. The topological polar surface area (TPSA) is 51.2 Å². The van der Waals surface area contributed by atoms with Crippen LogP contribution in [0.15, 0.2) is 47.4 Å². The Morgan fingerprint density at radius 2 is 1.67 bits per heavy atom. The molecule has 0 aliphatic heterocycles. The van der Waals surface area contributed by atoms with Crippen molar-refractivity contribution in [3.63, 3.8) is 0 Å². The number of rotatable bonds is 4. The lowest BCUT2D eigenvalue weighted by atomic mass is 10.0. The van der Waals surface area contributed by atoms with E-state index in [1.165, 1.54) is 24.3 Å². The van der Waals surface area contributed by atoms with Crippen LogP contribution in [0.2, 0.25) is 10.0 Å². The highest BCUT2D eigenvalue weighted by Gasteiger charge is 2.12. The molecule has 0 saturated carbocycles. The lowest BCUT2D eigenvalue weighted by molar-refractivity contribution is 0.0993. The third kappa shape index (κ3) is 4.06. The molecule has 0 N–H and O–H groups in total. The Kier molecular flexibility index (Phi) is 4.71. The van der Waals surface area contributed by atoms with Crippen molar-refractivity contribution in [2.75, 3.05) is 6.26 Å². The maximum atomic E-state index is 12.2. The number of Topliss-reactive ketones (excluding diaryl/α,β-unsaturated/α-hetero) is 1. The summed E-state index contributed by atoms with van der Waals surface area (Å²) in [6, 6.07) is 10.8. The van der Waals surface area contributed by atoms with E-state index in [2.05, 4.69) is 0 Å². The zero-order chi connectivity index (χ0) is 15.6. The van der Waals surface area contributed by atoms with Gasteiger partial charge in [0.25, 0.3) is 0 Å². The van der Waals surface area contributed by atoms with Gasteiger partial charge >= 0.3 is 0 Å². The van der Waals surface area contributed by atoms with Gasteiger partial charge in [-0.15, -0.1) is 0 Å². The van der Waals surface area contributed by atoms with Gasteiger partial charge in [-0.2, -0.15) is 0 Å². The molecule has 0 bridgehead atoms. The largest absolute Gasteiger partial charge is 0.294 e. The zero-order valence-corrected chi connectivity index (χ0v) is 13.5. The molecule has 0 heterocycles. The summed E-state index contributed by atoms with van der Waals surface area (Å²) in [7, 11) is -3.26. The minimum Gasteiger partial charge on any atom is -0.294 e. The number of carbonyl (C=O) groups is 1. The fraction of sp³-hybridized carbons (Fsp3) is 0.133. The summed E-state index contributed by atoms with van der Waals surface area (Å²) in [5.74, 6) is -0.140. The van der Waals surface area contributed by atoms with Crippen LogP contribution in [0.4, 0.5) is 0 Å². The van der Waals surface area contributed by atoms with Crippen molar-refractivity contribution in [2.24, 2.45) is 0 Å². The van der Waals surface area contributed by atoms with Gasteiger partial charge in [0.2, 0.25) is 0 Å². The van der Waals surface area contributed by atoms with Gasteiger partial charge in [-0.1, -0.05) is 41.4 Å². The predicted molar refractivity (Wildman–Crippen MR) is 84.0 cm³/mol. The van der Waals surface area contributed by atoms with E-state index in [1.54, 1.807) is 18.2 Å². The van der Waals surface area contributed by atoms with Crippen molar-refractivity contribution in [1.29, 1.82) is 0 Å². The highest BCUT2D eigenvalue weighted by Crippen LogP contribution is 2.22. The predicted octanol–water partition coefficient (Wildman–Crippen LogP) is 3.82. The molecule has 0 aliphatic rings. The first-order valence-electron chi connectivity index (χ1n) is 6.04. The van der Waals surface area contributed by atoms with Crippen molar-refractivity contribution in [3.8, 4) is 0 Å². The van der Waals surface area contributed by atoms with E-state index in [0.717, 1.165) is 6.26 Å². The summed E-state index contributed by atoms with van der Waals surface area (Å²) in [6.07, 6.45) is 1.26. The number of ketones is 1.